The van der Waals surface area contributed by atoms with E-state index in [0.29, 0.717) is 36.9 Å². The Balaban J connectivity index is 1.27. The molecule has 8 heteroatoms. The SMILES string of the molecule is NCc1cccc(C2CCN(C(=O)c3ccc(OCC(=O)N4C[C@@H](O)[C@@H](O)C4)cc3)CC2)c1. The molecule has 0 saturated carbocycles. The molecule has 0 bridgehead atoms. The Morgan fingerprint density at radius 2 is 1.64 bits per heavy atom. The second-order valence-electron chi connectivity index (χ2n) is 8.76. The maximum atomic E-state index is 12.9. The first-order valence-electron chi connectivity index (χ1n) is 11.4. The monoisotopic (exact) mass is 453 g/mol. The third-order valence-corrected chi connectivity index (χ3v) is 6.52. The van der Waals surface area contributed by atoms with Crippen LogP contribution in [-0.4, -0.2) is 76.8 Å². The summed E-state index contributed by atoms with van der Waals surface area (Å²) >= 11 is 0. The van der Waals surface area contributed by atoms with Crippen molar-refractivity contribution >= 4 is 11.8 Å². The lowest BCUT2D eigenvalue weighted by Gasteiger charge is -2.32. The summed E-state index contributed by atoms with van der Waals surface area (Å²) in [5, 5.41) is 19.1. The maximum Gasteiger partial charge on any atom is 0.260 e. The van der Waals surface area contributed by atoms with Crippen LogP contribution in [-0.2, 0) is 11.3 Å². The number of hydrogen-bond donors (Lipinski definition) is 3. The molecule has 2 amide bonds. The minimum Gasteiger partial charge on any atom is -0.484 e. The zero-order chi connectivity index (χ0) is 23.4. The van der Waals surface area contributed by atoms with E-state index in [4.69, 9.17) is 10.5 Å². The number of likely N-dealkylation sites (tertiary alicyclic amines) is 2. The van der Waals surface area contributed by atoms with Crippen LogP contribution in [0.1, 0.15) is 40.2 Å². The molecule has 4 N–H and O–H groups in total. The Hall–Kier alpha value is -2.94. The fourth-order valence-electron chi connectivity index (χ4n) is 4.48. The standard InChI is InChI=1S/C25H31N3O5/c26-13-17-2-1-3-20(12-17)18-8-10-27(11-9-18)25(32)19-4-6-21(7-5-19)33-16-24(31)28-14-22(29)23(30)15-28/h1-7,12,18,22-23,29-30H,8-11,13-16,26H2/t22-,23+. The molecule has 4 rings (SSSR count). The van der Waals surface area contributed by atoms with E-state index in [2.05, 4.69) is 12.1 Å². The molecule has 33 heavy (non-hydrogen) atoms. The number of rotatable bonds is 6. The lowest BCUT2D eigenvalue weighted by Crippen LogP contribution is -2.37. The minimum atomic E-state index is -0.916. The van der Waals surface area contributed by atoms with Gasteiger partial charge in [0.05, 0.1) is 12.2 Å². The molecule has 0 radical (unpaired) electrons. The molecule has 2 aliphatic rings. The van der Waals surface area contributed by atoms with Crippen molar-refractivity contribution < 1.29 is 24.5 Å². The molecule has 0 aliphatic carbocycles. The van der Waals surface area contributed by atoms with Gasteiger partial charge in [-0.05, 0) is 54.2 Å². The summed E-state index contributed by atoms with van der Waals surface area (Å²) in [5.74, 6) is 0.614. The van der Waals surface area contributed by atoms with E-state index in [1.54, 1.807) is 24.3 Å². The first-order valence-corrected chi connectivity index (χ1v) is 11.4. The van der Waals surface area contributed by atoms with Gasteiger partial charge in [0.25, 0.3) is 11.8 Å². The van der Waals surface area contributed by atoms with Crippen LogP contribution < -0.4 is 10.5 Å². The molecular weight excluding hydrogens is 422 g/mol. The second kappa shape index (κ2) is 10.3. The molecule has 8 nitrogen and oxygen atoms in total. The van der Waals surface area contributed by atoms with Crippen molar-refractivity contribution in [2.75, 3.05) is 32.8 Å². The number of hydrogen-bond acceptors (Lipinski definition) is 6. The van der Waals surface area contributed by atoms with Crippen LogP contribution in [0.15, 0.2) is 48.5 Å². The first kappa shape index (κ1) is 23.2. The van der Waals surface area contributed by atoms with Crippen molar-refractivity contribution in [1.82, 2.24) is 9.80 Å². The van der Waals surface area contributed by atoms with Crippen molar-refractivity contribution in [2.24, 2.45) is 5.73 Å². The van der Waals surface area contributed by atoms with E-state index in [1.807, 2.05) is 17.0 Å². The van der Waals surface area contributed by atoms with Gasteiger partial charge in [0, 0.05) is 38.3 Å². The topological polar surface area (TPSA) is 116 Å². The van der Waals surface area contributed by atoms with E-state index in [-0.39, 0.29) is 31.5 Å². The number of carbonyl (C=O) groups excluding carboxylic acids is 2. The second-order valence-corrected chi connectivity index (χ2v) is 8.76. The van der Waals surface area contributed by atoms with Crippen LogP contribution in [0.2, 0.25) is 0 Å². The lowest BCUT2D eigenvalue weighted by atomic mass is 9.88. The smallest absolute Gasteiger partial charge is 0.260 e. The highest BCUT2D eigenvalue weighted by molar-refractivity contribution is 5.94. The Labute approximate surface area is 193 Å². The van der Waals surface area contributed by atoms with Gasteiger partial charge in [-0.2, -0.15) is 0 Å². The number of aliphatic hydroxyl groups excluding tert-OH is 2. The minimum absolute atomic E-state index is 0.00757. The van der Waals surface area contributed by atoms with Crippen LogP contribution >= 0.6 is 0 Å². The van der Waals surface area contributed by atoms with E-state index >= 15 is 0 Å². The number of ether oxygens (including phenoxy) is 1. The molecule has 2 heterocycles. The number of β-amino-alcohol motifs (C(OH)–C–C–N with tert-alkyl or cyclic N) is 2. The van der Waals surface area contributed by atoms with Crippen molar-refractivity contribution in [1.29, 1.82) is 0 Å². The molecule has 2 atom stereocenters. The molecule has 2 fully saturated rings. The molecule has 0 aromatic heterocycles. The number of nitrogens with zero attached hydrogens (tertiary/aromatic N) is 2. The molecule has 2 aromatic carbocycles. The summed E-state index contributed by atoms with van der Waals surface area (Å²) in [5.41, 5.74) is 8.77. The molecule has 0 unspecified atom stereocenters. The summed E-state index contributed by atoms with van der Waals surface area (Å²) in [6, 6.07) is 15.2. The van der Waals surface area contributed by atoms with E-state index in [0.717, 1.165) is 18.4 Å². The number of benzene rings is 2. The van der Waals surface area contributed by atoms with Gasteiger partial charge >= 0.3 is 0 Å². The molecule has 0 spiro atoms. The molecule has 2 saturated heterocycles. The highest BCUT2D eigenvalue weighted by atomic mass is 16.5. The van der Waals surface area contributed by atoms with E-state index < -0.39 is 12.2 Å². The van der Waals surface area contributed by atoms with Crippen LogP contribution in [0.5, 0.6) is 5.75 Å². The zero-order valence-corrected chi connectivity index (χ0v) is 18.6. The van der Waals surface area contributed by atoms with E-state index in [9.17, 15) is 19.8 Å². The van der Waals surface area contributed by atoms with E-state index in [1.165, 1.54) is 10.5 Å². The van der Waals surface area contributed by atoms with Crippen LogP contribution in [0.4, 0.5) is 0 Å². The van der Waals surface area contributed by atoms with Crippen LogP contribution in [0.25, 0.3) is 0 Å². The average Bonchev–Trinajstić information content (AvgIpc) is 3.20. The quantitative estimate of drug-likeness (QED) is 0.603. The third-order valence-electron chi connectivity index (χ3n) is 6.52. The van der Waals surface area contributed by atoms with Gasteiger partial charge in [0.2, 0.25) is 0 Å². The van der Waals surface area contributed by atoms with Gasteiger partial charge < -0.3 is 30.5 Å². The number of aliphatic hydroxyl groups is 2. The van der Waals surface area contributed by atoms with Gasteiger partial charge in [-0.15, -0.1) is 0 Å². The van der Waals surface area contributed by atoms with Crippen molar-refractivity contribution in [3.63, 3.8) is 0 Å². The van der Waals surface area contributed by atoms with Crippen LogP contribution in [0.3, 0.4) is 0 Å². The van der Waals surface area contributed by atoms with Crippen LogP contribution in [0, 0.1) is 0 Å². The van der Waals surface area contributed by atoms with Gasteiger partial charge in [-0.1, -0.05) is 24.3 Å². The fraction of sp³-hybridized carbons (Fsp3) is 0.440. The molecule has 2 aliphatic heterocycles. The van der Waals surface area contributed by atoms with Gasteiger partial charge in [-0.25, -0.2) is 0 Å². The largest absolute Gasteiger partial charge is 0.484 e. The summed E-state index contributed by atoms with van der Waals surface area (Å²) in [6.07, 6.45) is 0.00666. The number of amides is 2. The first-order chi connectivity index (χ1) is 15.9. The van der Waals surface area contributed by atoms with Crippen molar-refractivity contribution in [2.45, 2.75) is 37.5 Å². The zero-order valence-electron chi connectivity index (χ0n) is 18.6. The Kier molecular flexibility index (Phi) is 7.27. The summed E-state index contributed by atoms with van der Waals surface area (Å²) in [7, 11) is 0. The van der Waals surface area contributed by atoms with Gasteiger partial charge in [0.15, 0.2) is 6.61 Å². The Bertz CT molecular complexity index is 962. The highest BCUT2D eigenvalue weighted by Crippen LogP contribution is 2.29. The molecular formula is C25H31N3O5. The molecule has 176 valence electrons. The summed E-state index contributed by atoms with van der Waals surface area (Å²) in [4.78, 5) is 28.3. The Morgan fingerprint density at radius 1 is 0.970 bits per heavy atom. The Morgan fingerprint density at radius 3 is 2.27 bits per heavy atom. The highest BCUT2D eigenvalue weighted by Gasteiger charge is 2.32. The number of nitrogens with two attached hydrogens (primary N) is 1. The lowest BCUT2D eigenvalue weighted by molar-refractivity contribution is -0.132. The van der Waals surface area contributed by atoms with Gasteiger partial charge in [-0.3, -0.25) is 9.59 Å². The predicted molar refractivity (Wildman–Crippen MR) is 123 cm³/mol. The number of piperidine rings is 1. The van der Waals surface area contributed by atoms with Gasteiger partial charge in [0.1, 0.15) is 5.75 Å². The van der Waals surface area contributed by atoms with Crippen molar-refractivity contribution in [3.8, 4) is 5.75 Å². The maximum absolute atomic E-state index is 12.9. The average molecular weight is 454 g/mol. The summed E-state index contributed by atoms with van der Waals surface area (Å²) in [6.45, 7) is 1.96. The normalized spacial score (nSPS) is 21.3. The fourth-order valence-corrected chi connectivity index (χ4v) is 4.48. The summed E-state index contributed by atoms with van der Waals surface area (Å²) < 4.78 is 5.52. The molecule has 2 aromatic rings. The van der Waals surface area contributed by atoms with Crippen molar-refractivity contribution in [3.05, 3.63) is 65.2 Å². The predicted octanol–water partition coefficient (Wildman–Crippen LogP) is 1.11. The number of carbonyl (C=O) groups is 2. The third kappa shape index (κ3) is 5.52.